The first-order valence-corrected chi connectivity index (χ1v) is 8.11. The number of amides is 1. The van der Waals surface area contributed by atoms with Crippen LogP contribution in [0.2, 0.25) is 0 Å². The molecule has 3 heterocycles. The molecular formula is C18H13F3N6O. The smallest absolute Gasteiger partial charge is 0.364 e. The number of carbonyl (C=O) groups excluding carboxylic acids is 1. The fourth-order valence-corrected chi connectivity index (χ4v) is 3.08. The minimum Gasteiger partial charge on any atom is -0.364 e. The average molecular weight is 386 g/mol. The number of alkyl halides is 3. The molecule has 0 radical (unpaired) electrons. The Morgan fingerprint density at radius 1 is 1.18 bits per heavy atom. The van der Waals surface area contributed by atoms with Gasteiger partial charge in [-0.15, -0.1) is 0 Å². The standard InChI is InChI=1S/C18H13F3N6O/c1-9-2-3-10(18(19,20)21)6-12(9)27-5-4-11(15(27)16(22)28)13-14-17(25-7-23-13)26-8-24-14/h2-8H,1H3,(H2,22,28)(H,23,24,25,26). The van der Waals surface area contributed by atoms with Gasteiger partial charge in [-0.1, -0.05) is 6.07 Å². The zero-order valence-corrected chi connectivity index (χ0v) is 14.4. The summed E-state index contributed by atoms with van der Waals surface area (Å²) in [6.07, 6.45) is -0.300. The molecule has 4 rings (SSSR count). The topological polar surface area (TPSA) is 102 Å². The van der Waals surface area contributed by atoms with Crippen LogP contribution in [0, 0.1) is 6.92 Å². The number of aromatic amines is 1. The van der Waals surface area contributed by atoms with Crippen LogP contribution in [0.3, 0.4) is 0 Å². The molecule has 0 atom stereocenters. The van der Waals surface area contributed by atoms with Gasteiger partial charge in [-0.2, -0.15) is 13.2 Å². The van der Waals surface area contributed by atoms with Gasteiger partial charge in [0, 0.05) is 17.4 Å². The Labute approximate surface area is 156 Å². The summed E-state index contributed by atoms with van der Waals surface area (Å²) in [4.78, 5) is 27.4. The minimum absolute atomic E-state index is 0.00502. The highest BCUT2D eigenvalue weighted by atomic mass is 19.4. The molecule has 0 aliphatic heterocycles. The number of fused-ring (bicyclic) bond motifs is 1. The summed E-state index contributed by atoms with van der Waals surface area (Å²) < 4.78 is 40.8. The summed E-state index contributed by atoms with van der Waals surface area (Å²) in [5.41, 5.74) is 7.08. The number of carbonyl (C=O) groups is 1. The highest BCUT2D eigenvalue weighted by Crippen LogP contribution is 2.34. The summed E-state index contributed by atoms with van der Waals surface area (Å²) in [6.45, 7) is 1.65. The number of hydrogen-bond donors (Lipinski definition) is 2. The van der Waals surface area contributed by atoms with E-state index >= 15 is 0 Å². The highest BCUT2D eigenvalue weighted by Gasteiger charge is 2.31. The largest absolute Gasteiger partial charge is 0.416 e. The quantitative estimate of drug-likeness (QED) is 0.564. The summed E-state index contributed by atoms with van der Waals surface area (Å²) in [5.74, 6) is -0.806. The Bertz CT molecular complexity index is 1210. The van der Waals surface area contributed by atoms with Crippen LogP contribution in [0.1, 0.15) is 21.6 Å². The number of aryl methyl sites for hydroxylation is 1. The van der Waals surface area contributed by atoms with E-state index in [4.69, 9.17) is 5.73 Å². The number of nitrogens with two attached hydrogens (primary N) is 1. The lowest BCUT2D eigenvalue weighted by Gasteiger charge is -2.14. The second kappa shape index (κ2) is 6.19. The van der Waals surface area contributed by atoms with E-state index in [0.717, 1.165) is 12.1 Å². The first kappa shape index (κ1) is 17.7. The van der Waals surface area contributed by atoms with Crippen molar-refractivity contribution in [1.29, 1.82) is 0 Å². The van der Waals surface area contributed by atoms with Crippen molar-refractivity contribution in [1.82, 2.24) is 24.5 Å². The lowest BCUT2D eigenvalue weighted by Crippen LogP contribution is -2.18. The summed E-state index contributed by atoms with van der Waals surface area (Å²) in [7, 11) is 0. The van der Waals surface area contributed by atoms with Gasteiger partial charge in [0.1, 0.15) is 23.2 Å². The number of H-pyrrole nitrogens is 1. The number of benzene rings is 1. The number of aromatic nitrogens is 5. The minimum atomic E-state index is -4.51. The Morgan fingerprint density at radius 2 is 1.96 bits per heavy atom. The molecule has 10 heteroatoms. The number of imidazole rings is 1. The summed E-state index contributed by atoms with van der Waals surface area (Å²) in [5, 5.41) is 0. The van der Waals surface area contributed by atoms with E-state index in [-0.39, 0.29) is 11.4 Å². The second-order valence-corrected chi connectivity index (χ2v) is 6.13. The van der Waals surface area contributed by atoms with Gasteiger partial charge in [0.05, 0.1) is 11.9 Å². The molecule has 3 N–H and O–H groups in total. The van der Waals surface area contributed by atoms with E-state index in [0.29, 0.717) is 28.0 Å². The molecule has 0 saturated heterocycles. The van der Waals surface area contributed by atoms with E-state index < -0.39 is 17.6 Å². The average Bonchev–Trinajstić information content (AvgIpc) is 3.27. The summed E-state index contributed by atoms with van der Waals surface area (Å²) in [6, 6.07) is 4.88. The Kier molecular flexibility index (Phi) is 3.91. The van der Waals surface area contributed by atoms with Crippen LogP contribution in [0.5, 0.6) is 0 Å². The molecule has 28 heavy (non-hydrogen) atoms. The molecule has 0 saturated carbocycles. The molecule has 0 spiro atoms. The molecule has 0 unspecified atom stereocenters. The highest BCUT2D eigenvalue weighted by molar-refractivity contribution is 6.02. The first-order valence-electron chi connectivity index (χ1n) is 8.11. The van der Waals surface area contributed by atoms with E-state index in [1.807, 2.05) is 0 Å². The van der Waals surface area contributed by atoms with Crippen molar-refractivity contribution in [2.75, 3.05) is 0 Å². The predicted octanol–water partition coefficient (Wildman–Crippen LogP) is 3.24. The number of primary amides is 1. The molecule has 7 nitrogen and oxygen atoms in total. The number of hydrogen-bond acceptors (Lipinski definition) is 4. The normalized spacial score (nSPS) is 11.9. The molecule has 4 aromatic rings. The van der Waals surface area contributed by atoms with Crippen molar-refractivity contribution in [3.63, 3.8) is 0 Å². The van der Waals surface area contributed by atoms with Crippen LogP contribution in [0.25, 0.3) is 28.1 Å². The number of nitrogens with zero attached hydrogens (tertiary/aromatic N) is 4. The SMILES string of the molecule is Cc1ccc(C(F)(F)F)cc1-n1ccc(-c2ncnc3[nH]cnc23)c1C(N)=O. The van der Waals surface area contributed by atoms with Crippen LogP contribution >= 0.6 is 0 Å². The molecule has 0 bridgehead atoms. The predicted molar refractivity (Wildman–Crippen MR) is 94.7 cm³/mol. The molecular weight excluding hydrogens is 373 g/mol. The molecule has 0 aliphatic carbocycles. The van der Waals surface area contributed by atoms with Gasteiger partial charge in [-0.05, 0) is 30.7 Å². The Hall–Kier alpha value is -3.69. The van der Waals surface area contributed by atoms with Gasteiger partial charge in [0.25, 0.3) is 5.91 Å². The van der Waals surface area contributed by atoms with Crippen molar-refractivity contribution in [2.45, 2.75) is 13.1 Å². The Balaban J connectivity index is 1.97. The van der Waals surface area contributed by atoms with Gasteiger partial charge in [0.15, 0.2) is 5.65 Å². The number of rotatable bonds is 3. The maximum absolute atomic E-state index is 13.2. The third-order valence-corrected chi connectivity index (χ3v) is 4.39. The maximum atomic E-state index is 13.2. The van der Waals surface area contributed by atoms with Crippen LogP contribution < -0.4 is 5.73 Å². The maximum Gasteiger partial charge on any atom is 0.416 e. The van der Waals surface area contributed by atoms with Crippen molar-refractivity contribution < 1.29 is 18.0 Å². The molecule has 1 aromatic carbocycles. The lowest BCUT2D eigenvalue weighted by atomic mass is 10.1. The summed E-state index contributed by atoms with van der Waals surface area (Å²) >= 11 is 0. The van der Waals surface area contributed by atoms with Gasteiger partial charge in [-0.3, -0.25) is 4.79 Å². The zero-order chi connectivity index (χ0) is 20.1. The Morgan fingerprint density at radius 3 is 2.68 bits per heavy atom. The van der Waals surface area contributed by atoms with Crippen LogP contribution in [0.4, 0.5) is 13.2 Å². The van der Waals surface area contributed by atoms with Gasteiger partial charge in [-0.25, -0.2) is 15.0 Å². The molecule has 3 aromatic heterocycles. The molecule has 0 aliphatic rings. The van der Waals surface area contributed by atoms with E-state index in [1.165, 1.54) is 29.5 Å². The van der Waals surface area contributed by atoms with E-state index in [2.05, 4.69) is 19.9 Å². The van der Waals surface area contributed by atoms with Crippen molar-refractivity contribution >= 4 is 17.1 Å². The third-order valence-electron chi connectivity index (χ3n) is 4.39. The van der Waals surface area contributed by atoms with E-state index in [1.54, 1.807) is 13.0 Å². The van der Waals surface area contributed by atoms with Crippen molar-refractivity contribution in [3.8, 4) is 16.9 Å². The monoisotopic (exact) mass is 386 g/mol. The number of nitrogens with one attached hydrogen (secondary N) is 1. The van der Waals surface area contributed by atoms with Crippen LogP contribution in [0.15, 0.2) is 43.1 Å². The molecule has 142 valence electrons. The fourth-order valence-electron chi connectivity index (χ4n) is 3.08. The molecule has 1 amide bonds. The fraction of sp³-hybridized carbons (Fsp3) is 0.111. The third kappa shape index (κ3) is 2.79. The van der Waals surface area contributed by atoms with Gasteiger partial charge >= 0.3 is 6.18 Å². The van der Waals surface area contributed by atoms with Gasteiger partial charge < -0.3 is 15.3 Å². The zero-order valence-electron chi connectivity index (χ0n) is 14.4. The van der Waals surface area contributed by atoms with Crippen LogP contribution in [-0.4, -0.2) is 30.4 Å². The molecule has 0 fully saturated rings. The van der Waals surface area contributed by atoms with E-state index in [9.17, 15) is 18.0 Å². The first-order chi connectivity index (χ1) is 13.3. The van der Waals surface area contributed by atoms with Gasteiger partial charge in [0.2, 0.25) is 0 Å². The van der Waals surface area contributed by atoms with Crippen molar-refractivity contribution in [3.05, 3.63) is 59.9 Å². The lowest BCUT2D eigenvalue weighted by molar-refractivity contribution is -0.137. The van der Waals surface area contributed by atoms with Crippen LogP contribution in [-0.2, 0) is 6.18 Å². The number of halogens is 3. The second-order valence-electron chi connectivity index (χ2n) is 6.13. The van der Waals surface area contributed by atoms with Crippen molar-refractivity contribution in [2.24, 2.45) is 5.73 Å².